The molecule has 0 aliphatic carbocycles. The first-order chi connectivity index (χ1) is 6.86. The first-order valence-corrected chi connectivity index (χ1v) is 7.17. The van der Waals surface area contributed by atoms with Gasteiger partial charge in [-0.3, -0.25) is 0 Å². The Labute approximate surface area is 94.3 Å². The minimum absolute atomic E-state index is 0.524. The first-order valence-electron chi connectivity index (χ1n) is 5.24. The third-order valence-electron chi connectivity index (χ3n) is 2.65. The number of hydrogen-bond donors (Lipinski definition) is 1. The van der Waals surface area contributed by atoms with Crippen LogP contribution in [0.5, 0.6) is 0 Å². The summed E-state index contributed by atoms with van der Waals surface area (Å²) in [5, 5.41) is 6.63. The Morgan fingerprint density at radius 3 is 3.21 bits per heavy atom. The Bertz CT molecular complexity index is 252. The maximum Gasteiger partial charge on any atom is 0.0386 e. The van der Waals surface area contributed by atoms with Crippen LogP contribution in [0, 0.1) is 0 Å². The average Bonchev–Trinajstić information content (AvgIpc) is 2.87. The summed E-state index contributed by atoms with van der Waals surface area (Å²) < 4.78 is 0. The standard InChI is InChI=1S/C11H17NS2/c1-9(11-5-3-7-14-11)12-8-10-4-2-6-13-10/h3,5,7,9-10,12H,2,4,6,8H2,1H3. The molecule has 1 aliphatic heterocycles. The van der Waals surface area contributed by atoms with Crippen LogP contribution >= 0.6 is 23.1 Å². The van der Waals surface area contributed by atoms with Gasteiger partial charge in [-0.05, 0) is 37.0 Å². The topological polar surface area (TPSA) is 12.0 Å². The quantitative estimate of drug-likeness (QED) is 0.847. The van der Waals surface area contributed by atoms with Gasteiger partial charge in [0.15, 0.2) is 0 Å². The maximum absolute atomic E-state index is 3.62. The fraction of sp³-hybridized carbons (Fsp3) is 0.636. The zero-order valence-electron chi connectivity index (χ0n) is 8.53. The van der Waals surface area contributed by atoms with Crippen LogP contribution in [0.3, 0.4) is 0 Å². The van der Waals surface area contributed by atoms with Crippen molar-refractivity contribution < 1.29 is 0 Å². The summed E-state index contributed by atoms with van der Waals surface area (Å²) in [5.41, 5.74) is 0. The smallest absolute Gasteiger partial charge is 0.0386 e. The van der Waals surface area contributed by atoms with E-state index in [2.05, 4.69) is 41.5 Å². The molecule has 2 rings (SSSR count). The fourth-order valence-corrected chi connectivity index (χ4v) is 3.72. The highest BCUT2D eigenvalue weighted by molar-refractivity contribution is 8.00. The lowest BCUT2D eigenvalue weighted by Gasteiger charge is -2.15. The minimum Gasteiger partial charge on any atom is -0.308 e. The molecule has 1 nitrogen and oxygen atoms in total. The molecule has 1 N–H and O–H groups in total. The molecule has 0 spiro atoms. The Balaban J connectivity index is 1.74. The van der Waals surface area contributed by atoms with E-state index in [1.165, 1.54) is 30.0 Å². The normalized spacial score (nSPS) is 23.9. The Morgan fingerprint density at radius 2 is 2.57 bits per heavy atom. The fourth-order valence-electron chi connectivity index (χ4n) is 1.75. The van der Waals surface area contributed by atoms with E-state index in [0.717, 1.165) is 5.25 Å². The van der Waals surface area contributed by atoms with Crippen LogP contribution < -0.4 is 5.32 Å². The van der Waals surface area contributed by atoms with Gasteiger partial charge in [-0.2, -0.15) is 11.8 Å². The van der Waals surface area contributed by atoms with Crippen molar-refractivity contribution in [1.29, 1.82) is 0 Å². The molecule has 78 valence electrons. The largest absolute Gasteiger partial charge is 0.308 e. The van der Waals surface area contributed by atoms with Crippen molar-refractivity contribution in [3.8, 4) is 0 Å². The van der Waals surface area contributed by atoms with Crippen LogP contribution in [-0.2, 0) is 0 Å². The third kappa shape index (κ3) is 2.75. The first kappa shape index (κ1) is 10.5. The van der Waals surface area contributed by atoms with Gasteiger partial charge < -0.3 is 5.32 Å². The van der Waals surface area contributed by atoms with Gasteiger partial charge in [0.2, 0.25) is 0 Å². The minimum atomic E-state index is 0.524. The zero-order chi connectivity index (χ0) is 9.80. The number of thiophene rings is 1. The second kappa shape index (κ2) is 5.19. The molecule has 3 heteroatoms. The predicted molar refractivity (Wildman–Crippen MR) is 66.2 cm³/mol. The van der Waals surface area contributed by atoms with Crippen LogP contribution in [-0.4, -0.2) is 17.5 Å². The summed E-state index contributed by atoms with van der Waals surface area (Å²) >= 11 is 3.97. The van der Waals surface area contributed by atoms with E-state index in [1.54, 1.807) is 0 Å². The summed E-state index contributed by atoms with van der Waals surface area (Å²) in [4.78, 5) is 1.45. The monoisotopic (exact) mass is 227 g/mol. The van der Waals surface area contributed by atoms with E-state index in [0.29, 0.717) is 6.04 Å². The molecule has 1 saturated heterocycles. The molecular formula is C11H17NS2. The van der Waals surface area contributed by atoms with Gasteiger partial charge in [-0.25, -0.2) is 0 Å². The van der Waals surface area contributed by atoms with Gasteiger partial charge in [0, 0.05) is 22.7 Å². The molecule has 1 aromatic rings. The van der Waals surface area contributed by atoms with E-state index >= 15 is 0 Å². The summed E-state index contributed by atoms with van der Waals surface area (Å²) in [6.45, 7) is 3.43. The number of nitrogens with one attached hydrogen (secondary N) is 1. The van der Waals surface area contributed by atoms with Gasteiger partial charge in [-0.1, -0.05) is 6.07 Å². The number of thioether (sulfide) groups is 1. The molecule has 0 bridgehead atoms. The second-order valence-electron chi connectivity index (χ2n) is 3.78. The highest BCUT2D eigenvalue weighted by atomic mass is 32.2. The van der Waals surface area contributed by atoms with Gasteiger partial charge in [0.05, 0.1) is 0 Å². The van der Waals surface area contributed by atoms with E-state index in [-0.39, 0.29) is 0 Å². The van der Waals surface area contributed by atoms with Crippen LogP contribution in [0.25, 0.3) is 0 Å². The van der Waals surface area contributed by atoms with Crippen molar-refractivity contribution in [1.82, 2.24) is 5.32 Å². The molecule has 1 fully saturated rings. The summed E-state index contributed by atoms with van der Waals surface area (Å²) in [6.07, 6.45) is 2.80. The third-order valence-corrected chi connectivity index (χ3v) is 5.10. The molecule has 1 aromatic heterocycles. The lowest BCUT2D eigenvalue weighted by molar-refractivity contribution is 0.566. The molecule has 2 heterocycles. The molecule has 0 amide bonds. The summed E-state index contributed by atoms with van der Waals surface area (Å²) in [5.74, 6) is 1.36. The zero-order valence-corrected chi connectivity index (χ0v) is 10.2. The van der Waals surface area contributed by atoms with Crippen molar-refractivity contribution in [3.63, 3.8) is 0 Å². The van der Waals surface area contributed by atoms with Crippen molar-refractivity contribution in [2.24, 2.45) is 0 Å². The van der Waals surface area contributed by atoms with Gasteiger partial charge in [-0.15, -0.1) is 11.3 Å². The molecule has 0 saturated carbocycles. The predicted octanol–water partition coefficient (Wildman–Crippen LogP) is 3.29. The Kier molecular flexibility index (Phi) is 3.90. The number of hydrogen-bond acceptors (Lipinski definition) is 3. The molecule has 14 heavy (non-hydrogen) atoms. The van der Waals surface area contributed by atoms with Crippen molar-refractivity contribution in [2.75, 3.05) is 12.3 Å². The highest BCUT2D eigenvalue weighted by Gasteiger charge is 2.16. The summed E-state index contributed by atoms with van der Waals surface area (Å²) in [6, 6.07) is 4.86. The van der Waals surface area contributed by atoms with E-state index in [1.807, 2.05) is 11.3 Å². The van der Waals surface area contributed by atoms with Crippen molar-refractivity contribution in [2.45, 2.75) is 31.1 Å². The Hall–Kier alpha value is 0.01000. The number of rotatable bonds is 4. The molecule has 1 aliphatic rings. The van der Waals surface area contributed by atoms with E-state index in [4.69, 9.17) is 0 Å². The van der Waals surface area contributed by atoms with Crippen LogP contribution in [0.1, 0.15) is 30.7 Å². The molecule has 2 atom stereocenters. The molecule has 0 radical (unpaired) electrons. The van der Waals surface area contributed by atoms with Crippen molar-refractivity contribution >= 4 is 23.1 Å². The molecular weight excluding hydrogens is 210 g/mol. The van der Waals surface area contributed by atoms with Gasteiger partial charge in [0.1, 0.15) is 0 Å². The summed E-state index contributed by atoms with van der Waals surface area (Å²) in [7, 11) is 0. The van der Waals surface area contributed by atoms with Gasteiger partial charge in [0.25, 0.3) is 0 Å². The van der Waals surface area contributed by atoms with Crippen LogP contribution in [0.4, 0.5) is 0 Å². The van der Waals surface area contributed by atoms with Crippen molar-refractivity contribution in [3.05, 3.63) is 22.4 Å². The van der Waals surface area contributed by atoms with Gasteiger partial charge >= 0.3 is 0 Å². The SMILES string of the molecule is CC(NCC1CCCS1)c1cccs1. The Morgan fingerprint density at radius 1 is 1.64 bits per heavy atom. The van der Waals surface area contributed by atoms with E-state index in [9.17, 15) is 0 Å². The van der Waals surface area contributed by atoms with Crippen LogP contribution in [0.15, 0.2) is 17.5 Å². The van der Waals surface area contributed by atoms with Crippen LogP contribution in [0.2, 0.25) is 0 Å². The maximum atomic E-state index is 3.62. The highest BCUT2D eigenvalue weighted by Crippen LogP contribution is 2.26. The van der Waals surface area contributed by atoms with E-state index < -0.39 is 0 Å². The lowest BCUT2D eigenvalue weighted by Crippen LogP contribution is -2.25. The second-order valence-corrected chi connectivity index (χ2v) is 6.17. The average molecular weight is 227 g/mol. The molecule has 0 aromatic carbocycles. The lowest BCUT2D eigenvalue weighted by atomic mass is 10.2. The molecule has 2 unspecified atom stereocenters.